The summed E-state index contributed by atoms with van der Waals surface area (Å²) in [5.41, 5.74) is 2.32. The fourth-order valence-electron chi connectivity index (χ4n) is 6.66. The molecule has 0 saturated carbocycles. The van der Waals surface area contributed by atoms with Crippen molar-refractivity contribution in [3.05, 3.63) is 72.8 Å². The van der Waals surface area contributed by atoms with Gasteiger partial charge in [0.15, 0.2) is 0 Å². The molecule has 0 aromatic heterocycles. The van der Waals surface area contributed by atoms with Gasteiger partial charge in [0.05, 0.1) is 13.2 Å². The summed E-state index contributed by atoms with van der Waals surface area (Å²) in [5, 5.41) is 4.90. The highest BCUT2D eigenvalue weighted by Gasteiger charge is 2.19. The number of unbranched alkanes of at least 4 members (excludes halogenated alkanes) is 17. The molecular weight excluding hydrogens is 581 g/mol. The Labute approximate surface area is 286 Å². The van der Waals surface area contributed by atoms with E-state index in [4.69, 9.17) is 9.47 Å². The maximum Gasteiger partial charge on any atom is 0.127 e. The molecule has 46 heavy (non-hydrogen) atoms. The smallest absolute Gasteiger partial charge is 0.127 e. The summed E-state index contributed by atoms with van der Waals surface area (Å²) in [6.07, 6.45) is 24.8. The van der Waals surface area contributed by atoms with Crippen LogP contribution in [0.2, 0.25) is 0 Å². The lowest BCUT2D eigenvalue weighted by molar-refractivity contribution is 0.301. The Balaban J connectivity index is 1.40. The predicted molar refractivity (Wildman–Crippen MR) is 205 cm³/mol. The van der Waals surface area contributed by atoms with Crippen LogP contribution in [-0.4, -0.2) is 19.0 Å². The van der Waals surface area contributed by atoms with E-state index >= 15 is 0 Å². The lowest BCUT2D eigenvalue weighted by atomic mass is 9.92. The zero-order valence-corrected chi connectivity index (χ0v) is 29.6. The summed E-state index contributed by atoms with van der Waals surface area (Å²) in [6.45, 7) is 3.78. The predicted octanol–water partition coefficient (Wildman–Crippen LogP) is 13.8. The van der Waals surface area contributed by atoms with Crippen molar-refractivity contribution in [2.45, 2.75) is 129 Å². The number of fused-ring (bicyclic) bond motifs is 2. The van der Waals surface area contributed by atoms with Gasteiger partial charge < -0.3 is 9.47 Å². The molecule has 0 unspecified atom stereocenters. The van der Waals surface area contributed by atoms with Crippen LogP contribution in [0, 0.1) is 0 Å². The van der Waals surface area contributed by atoms with Crippen LogP contribution in [0.3, 0.4) is 0 Å². The van der Waals surface area contributed by atoms with Gasteiger partial charge in [0.1, 0.15) is 11.5 Å². The summed E-state index contributed by atoms with van der Waals surface area (Å²) in [7, 11) is 0. The maximum atomic E-state index is 6.63. The zero-order valence-electron chi connectivity index (χ0n) is 28.7. The van der Waals surface area contributed by atoms with Crippen LogP contribution in [0.1, 0.15) is 129 Å². The molecule has 2 nitrogen and oxygen atoms in total. The minimum absolute atomic E-state index is 0.743. The molecular formula is C43H60O2S. The molecule has 3 heteroatoms. The SMILES string of the molecule is CCCCCCCCCCCCOc1ccc2ccccc2c1-c1c(OCCCCCCCCCCCS)ccc2ccccc12. The van der Waals surface area contributed by atoms with Gasteiger partial charge in [0.2, 0.25) is 0 Å². The van der Waals surface area contributed by atoms with Gasteiger partial charge in [-0.1, -0.05) is 170 Å². The summed E-state index contributed by atoms with van der Waals surface area (Å²) in [6, 6.07) is 26.2. The Morgan fingerprint density at radius 2 is 0.783 bits per heavy atom. The highest BCUT2D eigenvalue weighted by atomic mass is 32.1. The lowest BCUT2D eigenvalue weighted by Gasteiger charge is -2.20. The molecule has 4 aromatic rings. The minimum atomic E-state index is 0.743. The Bertz CT molecular complexity index is 1290. The van der Waals surface area contributed by atoms with E-state index in [9.17, 15) is 0 Å². The van der Waals surface area contributed by atoms with Crippen molar-refractivity contribution >= 4 is 34.2 Å². The van der Waals surface area contributed by atoms with Crippen molar-refractivity contribution in [2.24, 2.45) is 0 Å². The van der Waals surface area contributed by atoms with Gasteiger partial charge in [-0.25, -0.2) is 0 Å². The second-order valence-electron chi connectivity index (χ2n) is 13.1. The average Bonchev–Trinajstić information content (AvgIpc) is 3.09. The van der Waals surface area contributed by atoms with Crippen LogP contribution in [-0.2, 0) is 0 Å². The normalized spacial score (nSPS) is 11.4. The second-order valence-corrected chi connectivity index (χ2v) is 13.6. The third-order valence-corrected chi connectivity index (χ3v) is 9.66. The van der Waals surface area contributed by atoms with E-state index in [0.717, 1.165) is 54.4 Å². The Hall–Kier alpha value is -2.65. The molecule has 0 fully saturated rings. The number of rotatable bonds is 25. The van der Waals surface area contributed by atoms with Gasteiger partial charge in [-0.05, 0) is 58.7 Å². The summed E-state index contributed by atoms with van der Waals surface area (Å²) in [5.74, 6) is 2.95. The van der Waals surface area contributed by atoms with Gasteiger partial charge >= 0.3 is 0 Å². The molecule has 0 spiro atoms. The summed E-state index contributed by atoms with van der Waals surface area (Å²) in [4.78, 5) is 0. The third kappa shape index (κ3) is 11.9. The van der Waals surface area contributed by atoms with Crippen molar-refractivity contribution < 1.29 is 9.47 Å². The molecule has 0 aliphatic rings. The molecule has 250 valence electrons. The van der Waals surface area contributed by atoms with E-state index in [1.165, 1.54) is 131 Å². The minimum Gasteiger partial charge on any atom is -0.493 e. The van der Waals surface area contributed by atoms with E-state index in [0.29, 0.717) is 0 Å². The first-order valence-electron chi connectivity index (χ1n) is 18.7. The van der Waals surface area contributed by atoms with E-state index in [-0.39, 0.29) is 0 Å². The third-order valence-electron chi connectivity index (χ3n) is 9.35. The summed E-state index contributed by atoms with van der Waals surface area (Å²) < 4.78 is 13.3. The van der Waals surface area contributed by atoms with Crippen LogP contribution in [0.15, 0.2) is 72.8 Å². The van der Waals surface area contributed by atoms with Crippen LogP contribution in [0.4, 0.5) is 0 Å². The molecule has 4 aromatic carbocycles. The Morgan fingerprint density at radius 1 is 0.413 bits per heavy atom. The molecule has 0 bridgehead atoms. The highest BCUT2D eigenvalue weighted by Crippen LogP contribution is 2.45. The van der Waals surface area contributed by atoms with E-state index in [1.807, 2.05) is 0 Å². The fourth-order valence-corrected chi connectivity index (χ4v) is 6.89. The van der Waals surface area contributed by atoms with Gasteiger partial charge in [0.25, 0.3) is 0 Å². The van der Waals surface area contributed by atoms with E-state index in [2.05, 4.69) is 92.3 Å². The van der Waals surface area contributed by atoms with E-state index < -0.39 is 0 Å². The average molecular weight is 641 g/mol. The number of hydrogen-bond acceptors (Lipinski definition) is 3. The maximum absolute atomic E-state index is 6.63. The van der Waals surface area contributed by atoms with Gasteiger partial charge in [-0.3, -0.25) is 0 Å². The number of thiol groups is 1. The lowest BCUT2D eigenvalue weighted by Crippen LogP contribution is -2.02. The fraction of sp³-hybridized carbons (Fsp3) is 0.535. The first-order valence-corrected chi connectivity index (χ1v) is 19.4. The summed E-state index contributed by atoms with van der Waals surface area (Å²) >= 11 is 4.32. The topological polar surface area (TPSA) is 18.5 Å². The van der Waals surface area contributed by atoms with Gasteiger partial charge in [-0.2, -0.15) is 12.6 Å². The standard InChI is InChI=1S/C43H60O2S/c1-2-3-4-5-6-7-9-12-15-22-33-44-40-31-29-36-25-18-20-27-38(36)42(40)43-39-28-21-19-26-37(39)30-32-41(43)45-34-23-16-13-10-8-11-14-17-24-35-46/h18-21,25-32,46H,2-17,22-24,33-35H2,1H3. The van der Waals surface area contributed by atoms with Crippen molar-refractivity contribution in [1.82, 2.24) is 0 Å². The second kappa shape index (κ2) is 22.0. The molecule has 0 heterocycles. The molecule has 0 saturated heterocycles. The monoisotopic (exact) mass is 640 g/mol. The highest BCUT2D eigenvalue weighted by molar-refractivity contribution is 7.80. The van der Waals surface area contributed by atoms with Crippen molar-refractivity contribution in [3.63, 3.8) is 0 Å². The van der Waals surface area contributed by atoms with Crippen LogP contribution >= 0.6 is 12.6 Å². The van der Waals surface area contributed by atoms with Crippen LogP contribution in [0.5, 0.6) is 11.5 Å². The van der Waals surface area contributed by atoms with E-state index in [1.54, 1.807) is 0 Å². The van der Waals surface area contributed by atoms with Crippen LogP contribution in [0.25, 0.3) is 32.7 Å². The van der Waals surface area contributed by atoms with Crippen molar-refractivity contribution in [2.75, 3.05) is 19.0 Å². The Morgan fingerprint density at radius 3 is 1.20 bits per heavy atom. The quantitative estimate of drug-likeness (QED) is 0.0574. The molecule has 0 atom stereocenters. The molecule has 0 radical (unpaired) electrons. The molecule has 4 rings (SSSR count). The molecule has 0 aliphatic heterocycles. The van der Waals surface area contributed by atoms with Gasteiger partial charge in [-0.15, -0.1) is 0 Å². The number of ether oxygens (including phenoxy) is 2. The Kier molecular flexibility index (Phi) is 17.3. The zero-order chi connectivity index (χ0) is 32.1. The molecule has 0 N–H and O–H groups in total. The van der Waals surface area contributed by atoms with Crippen LogP contribution < -0.4 is 9.47 Å². The van der Waals surface area contributed by atoms with Crippen molar-refractivity contribution in [3.8, 4) is 22.6 Å². The number of benzene rings is 4. The largest absolute Gasteiger partial charge is 0.493 e. The molecule has 0 aliphatic carbocycles. The molecule has 0 amide bonds. The number of hydrogen-bond donors (Lipinski definition) is 1. The first-order chi connectivity index (χ1) is 22.8. The van der Waals surface area contributed by atoms with Crippen molar-refractivity contribution in [1.29, 1.82) is 0 Å². The first kappa shape index (κ1) is 36.2. The van der Waals surface area contributed by atoms with Gasteiger partial charge in [0, 0.05) is 11.1 Å².